The fourth-order valence-electron chi connectivity index (χ4n) is 2.59. The second-order valence-corrected chi connectivity index (χ2v) is 7.65. The van der Waals surface area contributed by atoms with Gasteiger partial charge in [0.15, 0.2) is 11.0 Å². The molecule has 0 spiro atoms. The minimum atomic E-state index is 0.342. The zero-order valence-corrected chi connectivity index (χ0v) is 17.1. The summed E-state index contributed by atoms with van der Waals surface area (Å²) in [4.78, 5) is 0. The molecule has 0 bridgehead atoms. The summed E-state index contributed by atoms with van der Waals surface area (Å²) in [6, 6.07) is 14.1. The zero-order chi connectivity index (χ0) is 19.2. The number of thioether (sulfide) groups is 1. The second-order valence-electron chi connectivity index (χ2n) is 6.27. The Bertz CT molecular complexity index is 922. The molecule has 1 aromatic heterocycles. The fourth-order valence-corrected chi connectivity index (χ4v) is 3.74. The first-order valence-electron chi connectivity index (χ1n) is 8.67. The van der Waals surface area contributed by atoms with Gasteiger partial charge in [-0.2, -0.15) is 0 Å². The predicted molar refractivity (Wildman–Crippen MR) is 111 cm³/mol. The van der Waals surface area contributed by atoms with Gasteiger partial charge < -0.3 is 4.74 Å². The van der Waals surface area contributed by atoms with Crippen LogP contribution in [-0.4, -0.2) is 14.8 Å². The Labute approximate surface area is 169 Å². The summed E-state index contributed by atoms with van der Waals surface area (Å²) in [6.07, 6.45) is 1.84. The van der Waals surface area contributed by atoms with E-state index in [-0.39, 0.29) is 0 Å². The molecule has 0 atom stereocenters. The highest BCUT2D eigenvalue weighted by molar-refractivity contribution is 7.98. The monoisotopic (exact) mass is 399 g/mol. The lowest BCUT2D eigenvalue weighted by molar-refractivity contribution is 0.287. The molecule has 27 heavy (non-hydrogen) atoms. The third-order valence-corrected chi connectivity index (χ3v) is 5.36. The first kappa shape index (κ1) is 19.5. The maximum absolute atomic E-state index is 6.00. The molecule has 0 aliphatic rings. The van der Waals surface area contributed by atoms with Crippen molar-refractivity contribution in [3.05, 3.63) is 82.7 Å². The van der Waals surface area contributed by atoms with Gasteiger partial charge in [0, 0.05) is 17.3 Å². The first-order valence-corrected chi connectivity index (χ1v) is 10.0. The van der Waals surface area contributed by atoms with Crippen molar-refractivity contribution in [3.63, 3.8) is 0 Å². The molecule has 0 aliphatic heterocycles. The van der Waals surface area contributed by atoms with Crippen molar-refractivity contribution in [3.8, 4) is 5.75 Å². The van der Waals surface area contributed by atoms with Crippen LogP contribution in [0.3, 0.4) is 0 Å². The molecule has 3 aromatic rings. The molecular formula is C21H22ClN3OS. The normalized spacial score (nSPS) is 10.8. The summed E-state index contributed by atoms with van der Waals surface area (Å²) in [5, 5.41) is 10.2. The van der Waals surface area contributed by atoms with E-state index in [2.05, 4.69) is 48.0 Å². The molecule has 0 unspecified atom stereocenters. The van der Waals surface area contributed by atoms with Crippen LogP contribution in [0.1, 0.15) is 22.5 Å². The summed E-state index contributed by atoms with van der Waals surface area (Å²) in [5.41, 5.74) is 3.51. The van der Waals surface area contributed by atoms with Gasteiger partial charge in [-0.1, -0.05) is 59.3 Å². The van der Waals surface area contributed by atoms with Crippen LogP contribution in [-0.2, 0) is 18.9 Å². The number of rotatable bonds is 8. The molecule has 0 aliphatic carbocycles. The molecular weight excluding hydrogens is 378 g/mol. The molecule has 0 radical (unpaired) electrons. The van der Waals surface area contributed by atoms with Crippen LogP contribution in [0.2, 0.25) is 5.02 Å². The predicted octanol–water partition coefficient (Wildman–Crippen LogP) is 5.61. The highest BCUT2D eigenvalue weighted by atomic mass is 35.5. The molecule has 2 aromatic carbocycles. The molecule has 6 heteroatoms. The van der Waals surface area contributed by atoms with Gasteiger partial charge in [-0.05, 0) is 43.2 Å². The van der Waals surface area contributed by atoms with Crippen molar-refractivity contribution in [2.45, 2.75) is 37.9 Å². The lowest BCUT2D eigenvalue weighted by Crippen LogP contribution is -2.08. The molecule has 0 N–H and O–H groups in total. The minimum Gasteiger partial charge on any atom is -0.485 e. The van der Waals surface area contributed by atoms with Gasteiger partial charge in [0.25, 0.3) is 0 Å². The van der Waals surface area contributed by atoms with E-state index >= 15 is 0 Å². The number of allylic oxidation sites excluding steroid dienone is 1. The van der Waals surface area contributed by atoms with Crippen molar-refractivity contribution in [1.82, 2.24) is 14.8 Å². The van der Waals surface area contributed by atoms with Gasteiger partial charge in [0.05, 0.1) is 0 Å². The topological polar surface area (TPSA) is 39.9 Å². The lowest BCUT2D eigenvalue weighted by atomic mass is 10.2. The van der Waals surface area contributed by atoms with Crippen LogP contribution in [0.5, 0.6) is 5.75 Å². The van der Waals surface area contributed by atoms with Crippen LogP contribution in [0.15, 0.2) is 60.3 Å². The Morgan fingerprint density at radius 1 is 1.15 bits per heavy atom. The van der Waals surface area contributed by atoms with Crippen molar-refractivity contribution >= 4 is 23.4 Å². The average molecular weight is 400 g/mol. The molecule has 140 valence electrons. The number of ether oxygens (including phenoxy) is 1. The van der Waals surface area contributed by atoms with Crippen LogP contribution < -0.4 is 4.74 Å². The SMILES string of the molecule is C=CCn1c(COc2ccc(Cl)cc2C)nnc1SCc1ccc(C)cc1. The number of halogens is 1. The van der Waals surface area contributed by atoms with Crippen LogP contribution in [0, 0.1) is 13.8 Å². The molecule has 0 saturated carbocycles. The largest absolute Gasteiger partial charge is 0.485 e. The van der Waals surface area contributed by atoms with Gasteiger partial charge in [0.1, 0.15) is 12.4 Å². The Hall–Kier alpha value is -2.24. The second kappa shape index (κ2) is 9.11. The van der Waals surface area contributed by atoms with E-state index in [9.17, 15) is 0 Å². The maximum atomic E-state index is 6.00. The zero-order valence-electron chi connectivity index (χ0n) is 15.5. The van der Waals surface area contributed by atoms with E-state index in [0.717, 1.165) is 28.0 Å². The number of benzene rings is 2. The fraction of sp³-hybridized carbons (Fsp3) is 0.238. The van der Waals surface area contributed by atoms with E-state index < -0.39 is 0 Å². The summed E-state index contributed by atoms with van der Waals surface area (Å²) < 4.78 is 7.97. The van der Waals surface area contributed by atoms with Gasteiger partial charge in [-0.25, -0.2) is 0 Å². The lowest BCUT2D eigenvalue weighted by Gasteiger charge is -2.11. The van der Waals surface area contributed by atoms with Crippen LogP contribution in [0.4, 0.5) is 0 Å². The van der Waals surface area contributed by atoms with Crippen molar-refractivity contribution in [2.24, 2.45) is 0 Å². The standard InChI is InChI=1S/C21H22ClN3OS/c1-4-11-25-20(13-26-19-10-9-18(22)12-16(19)3)23-24-21(25)27-14-17-7-5-15(2)6-8-17/h4-10,12H,1,11,13-14H2,2-3H3. The van der Waals surface area contributed by atoms with Gasteiger partial charge >= 0.3 is 0 Å². The summed E-state index contributed by atoms with van der Waals surface area (Å²) in [6.45, 7) is 8.89. The molecule has 0 saturated heterocycles. The molecule has 1 heterocycles. The van der Waals surface area contributed by atoms with E-state index in [1.807, 2.05) is 35.8 Å². The van der Waals surface area contributed by atoms with Crippen LogP contribution in [0.25, 0.3) is 0 Å². The number of nitrogens with zero attached hydrogens (tertiary/aromatic N) is 3. The Kier molecular flexibility index (Phi) is 6.58. The van der Waals surface area contributed by atoms with Crippen molar-refractivity contribution in [1.29, 1.82) is 0 Å². The Morgan fingerprint density at radius 3 is 2.63 bits per heavy atom. The van der Waals surface area contributed by atoms with Crippen LogP contribution >= 0.6 is 23.4 Å². The highest BCUT2D eigenvalue weighted by Crippen LogP contribution is 2.25. The number of hydrogen-bond acceptors (Lipinski definition) is 4. The summed E-state index contributed by atoms with van der Waals surface area (Å²) >= 11 is 7.66. The first-order chi connectivity index (χ1) is 13.1. The third kappa shape index (κ3) is 5.15. The van der Waals surface area contributed by atoms with E-state index in [1.165, 1.54) is 11.1 Å². The third-order valence-electron chi connectivity index (χ3n) is 4.09. The van der Waals surface area contributed by atoms with E-state index in [1.54, 1.807) is 11.8 Å². The summed E-state index contributed by atoms with van der Waals surface area (Å²) in [7, 11) is 0. The van der Waals surface area contributed by atoms with Gasteiger partial charge in [-0.15, -0.1) is 16.8 Å². The highest BCUT2D eigenvalue weighted by Gasteiger charge is 2.13. The number of hydrogen-bond donors (Lipinski definition) is 0. The molecule has 3 rings (SSSR count). The maximum Gasteiger partial charge on any atom is 0.191 e. The number of aryl methyl sites for hydroxylation is 2. The van der Waals surface area contributed by atoms with E-state index in [0.29, 0.717) is 18.2 Å². The molecule has 4 nitrogen and oxygen atoms in total. The van der Waals surface area contributed by atoms with Crippen molar-refractivity contribution < 1.29 is 4.74 Å². The minimum absolute atomic E-state index is 0.342. The number of aromatic nitrogens is 3. The molecule has 0 amide bonds. The van der Waals surface area contributed by atoms with Gasteiger partial charge in [-0.3, -0.25) is 4.57 Å². The summed E-state index contributed by atoms with van der Waals surface area (Å²) in [5.74, 6) is 2.41. The molecule has 0 fully saturated rings. The van der Waals surface area contributed by atoms with E-state index in [4.69, 9.17) is 16.3 Å². The Balaban J connectivity index is 1.70. The van der Waals surface area contributed by atoms with Crippen molar-refractivity contribution in [2.75, 3.05) is 0 Å². The quantitative estimate of drug-likeness (QED) is 0.365. The van der Waals surface area contributed by atoms with Gasteiger partial charge in [0.2, 0.25) is 0 Å². The Morgan fingerprint density at radius 2 is 1.93 bits per heavy atom. The average Bonchev–Trinajstić information content (AvgIpc) is 3.03. The smallest absolute Gasteiger partial charge is 0.191 e.